The second-order valence-corrected chi connectivity index (χ2v) is 4.40. The van der Waals surface area contributed by atoms with Crippen LogP contribution in [0.2, 0.25) is 0 Å². The largest absolute Gasteiger partial charge is 0.337 e. The molecule has 3 aromatic rings. The lowest BCUT2D eigenvalue weighted by Crippen LogP contribution is -1.73. The van der Waals surface area contributed by atoms with Gasteiger partial charge in [0.15, 0.2) is 6.19 Å². The van der Waals surface area contributed by atoms with Gasteiger partial charge < -0.3 is 5.73 Å². The molecule has 0 aliphatic carbocycles. The minimum Gasteiger partial charge on any atom is -0.337 e. The number of nitrogens with zero attached hydrogens (tertiary/aromatic N) is 2. The number of benzene rings is 3. The second-order valence-electron chi connectivity index (χ2n) is 4.40. The summed E-state index contributed by atoms with van der Waals surface area (Å²) in [5, 5.41) is 7.10. The molecule has 0 aliphatic rings. The lowest BCUT2D eigenvalue weighted by Gasteiger charge is -1.98. The van der Waals surface area contributed by atoms with Crippen LogP contribution in [0.25, 0.3) is 11.1 Å². The van der Waals surface area contributed by atoms with Gasteiger partial charge >= 0.3 is 0 Å². The molecule has 0 aromatic heterocycles. The molecule has 0 heterocycles. The zero-order chi connectivity index (χ0) is 17.5. The van der Waals surface area contributed by atoms with Crippen molar-refractivity contribution < 1.29 is 4.79 Å². The maximum absolute atomic E-state index is 9.68. The zero-order valence-corrected chi connectivity index (χ0v) is 13.0. The molecule has 0 amide bonds. The molecule has 3 aromatic carbocycles. The number of aliphatic imine (C=N–C) groups is 1. The molecule has 0 spiro atoms. The van der Waals surface area contributed by atoms with Gasteiger partial charge in [-0.25, -0.2) is 4.79 Å². The van der Waals surface area contributed by atoms with Crippen LogP contribution in [0, 0.1) is 11.5 Å². The van der Waals surface area contributed by atoms with Crippen molar-refractivity contribution in [3.63, 3.8) is 0 Å². The molecule has 118 valence electrons. The molecule has 0 bridgehead atoms. The second kappa shape index (κ2) is 11.9. The van der Waals surface area contributed by atoms with E-state index in [-0.39, 0.29) is 0 Å². The first-order valence-corrected chi connectivity index (χ1v) is 7.15. The van der Waals surface area contributed by atoms with Crippen LogP contribution < -0.4 is 5.73 Å². The summed E-state index contributed by atoms with van der Waals surface area (Å²) in [6.07, 6.45) is 2.71. The molecular weight excluding hydrogens is 298 g/mol. The fourth-order valence-electron chi connectivity index (χ4n) is 1.82. The van der Waals surface area contributed by atoms with E-state index in [1.165, 1.54) is 23.4 Å². The molecule has 0 radical (unpaired) electrons. The summed E-state index contributed by atoms with van der Waals surface area (Å²) in [6.45, 7) is 0. The third-order valence-corrected chi connectivity index (χ3v) is 2.81. The Balaban J connectivity index is 0.000000213. The van der Waals surface area contributed by atoms with E-state index in [1.807, 2.05) is 30.3 Å². The smallest absolute Gasteiger partial charge is 0.240 e. The van der Waals surface area contributed by atoms with E-state index in [9.17, 15) is 4.79 Å². The lowest BCUT2D eigenvalue weighted by atomic mass is 10.1. The van der Waals surface area contributed by atoms with Crippen molar-refractivity contribution in [1.82, 2.24) is 0 Å². The third-order valence-electron chi connectivity index (χ3n) is 2.81. The fourth-order valence-corrected chi connectivity index (χ4v) is 1.82. The SMILES string of the molecule is N#CN.O=C=Nc1ccccc1.c1ccc(-c2ccccc2)cc1. The molecule has 0 aliphatic heterocycles. The highest BCUT2D eigenvalue weighted by atomic mass is 16.1. The van der Waals surface area contributed by atoms with E-state index >= 15 is 0 Å². The van der Waals surface area contributed by atoms with E-state index in [0.717, 1.165) is 0 Å². The standard InChI is InChI=1S/C12H10.C7H5NO.CH2N2/c1-3-7-11(8-4-1)12-9-5-2-6-10-12;9-6-8-7-4-2-1-3-5-7;2-1-3/h1-10H;1-5H;2H2. The Kier molecular flexibility index (Phi) is 9.14. The lowest BCUT2D eigenvalue weighted by molar-refractivity contribution is 0.565. The number of hydrogen-bond acceptors (Lipinski definition) is 4. The first-order chi connectivity index (χ1) is 11.8. The van der Waals surface area contributed by atoms with Crippen LogP contribution in [0.4, 0.5) is 5.69 Å². The van der Waals surface area contributed by atoms with Crippen LogP contribution in [0.15, 0.2) is 96.0 Å². The maximum Gasteiger partial charge on any atom is 0.240 e. The van der Waals surface area contributed by atoms with Gasteiger partial charge in [-0.05, 0) is 23.3 Å². The molecule has 0 atom stereocenters. The van der Waals surface area contributed by atoms with Gasteiger partial charge in [0.25, 0.3) is 0 Å². The molecule has 0 fully saturated rings. The van der Waals surface area contributed by atoms with Gasteiger partial charge in [0.1, 0.15) is 0 Å². The summed E-state index contributed by atoms with van der Waals surface area (Å²) in [6, 6.07) is 29.8. The monoisotopic (exact) mass is 315 g/mol. The Hall–Kier alpha value is -3.67. The molecule has 2 N–H and O–H groups in total. The van der Waals surface area contributed by atoms with Gasteiger partial charge in [0.2, 0.25) is 6.08 Å². The van der Waals surface area contributed by atoms with Gasteiger partial charge in [-0.3, -0.25) is 0 Å². The van der Waals surface area contributed by atoms with Gasteiger partial charge in [-0.1, -0.05) is 78.9 Å². The number of nitrogens with two attached hydrogens (primary N) is 1. The summed E-state index contributed by atoms with van der Waals surface area (Å²) in [5.41, 5.74) is 7.35. The van der Waals surface area contributed by atoms with Crippen LogP contribution in [0.5, 0.6) is 0 Å². The Morgan fingerprint density at radius 2 is 1.04 bits per heavy atom. The van der Waals surface area contributed by atoms with Crippen molar-refractivity contribution in [1.29, 1.82) is 5.26 Å². The van der Waals surface area contributed by atoms with Gasteiger partial charge in [0.05, 0.1) is 5.69 Å². The van der Waals surface area contributed by atoms with Crippen molar-refractivity contribution in [3.8, 4) is 17.3 Å². The molecule has 4 nitrogen and oxygen atoms in total. The number of rotatable bonds is 2. The molecule has 0 saturated carbocycles. The number of isocyanates is 1. The summed E-state index contributed by atoms with van der Waals surface area (Å²) in [5.74, 6) is 0. The highest BCUT2D eigenvalue weighted by Crippen LogP contribution is 2.17. The van der Waals surface area contributed by atoms with Crippen LogP contribution in [-0.2, 0) is 4.79 Å². The third kappa shape index (κ3) is 7.37. The van der Waals surface area contributed by atoms with Crippen LogP contribution >= 0.6 is 0 Å². The van der Waals surface area contributed by atoms with Crippen molar-refractivity contribution in [2.24, 2.45) is 10.7 Å². The van der Waals surface area contributed by atoms with Crippen molar-refractivity contribution >= 4 is 11.8 Å². The van der Waals surface area contributed by atoms with Gasteiger partial charge in [-0.15, -0.1) is 0 Å². The topological polar surface area (TPSA) is 79.2 Å². The summed E-state index contributed by atoms with van der Waals surface area (Å²) < 4.78 is 0. The maximum atomic E-state index is 9.68. The molecule has 0 unspecified atom stereocenters. The van der Waals surface area contributed by atoms with Crippen LogP contribution in [0.3, 0.4) is 0 Å². The van der Waals surface area contributed by atoms with Crippen LogP contribution in [0.1, 0.15) is 0 Å². The van der Waals surface area contributed by atoms with E-state index in [2.05, 4.69) is 59.3 Å². The minimum absolute atomic E-state index is 0.646. The average Bonchev–Trinajstić information content (AvgIpc) is 2.66. The number of hydrogen-bond donors (Lipinski definition) is 1. The highest BCUT2D eigenvalue weighted by molar-refractivity contribution is 5.62. The molecule has 0 saturated heterocycles. The summed E-state index contributed by atoms with van der Waals surface area (Å²) in [7, 11) is 0. The Morgan fingerprint density at radius 1 is 0.708 bits per heavy atom. The molecule has 4 heteroatoms. The number of para-hydroxylation sites is 1. The fraction of sp³-hybridized carbons (Fsp3) is 0. The first kappa shape index (κ1) is 18.4. The molecule has 3 rings (SSSR count). The number of carbonyl (C=O) groups excluding carboxylic acids is 1. The Morgan fingerprint density at radius 3 is 1.38 bits per heavy atom. The van der Waals surface area contributed by atoms with Gasteiger partial charge in [-0.2, -0.15) is 10.3 Å². The first-order valence-electron chi connectivity index (χ1n) is 7.15. The van der Waals surface area contributed by atoms with Gasteiger partial charge in [0, 0.05) is 0 Å². The van der Waals surface area contributed by atoms with E-state index in [1.54, 1.807) is 12.1 Å². The van der Waals surface area contributed by atoms with Crippen molar-refractivity contribution in [3.05, 3.63) is 91.0 Å². The quantitative estimate of drug-likeness (QED) is 0.329. The highest BCUT2D eigenvalue weighted by Gasteiger charge is 1.91. The molecule has 24 heavy (non-hydrogen) atoms. The number of nitriles is 1. The van der Waals surface area contributed by atoms with Crippen LogP contribution in [-0.4, -0.2) is 6.08 Å². The summed E-state index contributed by atoms with van der Waals surface area (Å²) >= 11 is 0. The predicted octanol–water partition coefficient (Wildman–Crippen LogP) is 4.43. The van der Waals surface area contributed by atoms with E-state index < -0.39 is 0 Å². The van der Waals surface area contributed by atoms with E-state index in [4.69, 9.17) is 5.26 Å². The minimum atomic E-state index is 0.646. The average molecular weight is 315 g/mol. The Bertz CT molecular complexity index is 738. The summed E-state index contributed by atoms with van der Waals surface area (Å²) in [4.78, 5) is 13.1. The zero-order valence-electron chi connectivity index (χ0n) is 13.0. The normalized spacial score (nSPS) is 8.12. The van der Waals surface area contributed by atoms with Crippen molar-refractivity contribution in [2.75, 3.05) is 0 Å². The Labute approximate surface area is 141 Å². The predicted molar refractivity (Wildman–Crippen MR) is 95.9 cm³/mol. The van der Waals surface area contributed by atoms with Crippen molar-refractivity contribution in [2.45, 2.75) is 0 Å². The van der Waals surface area contributed by atoms with E-state index in [0.29, 0.717) is 5.69 Å². The molecular formula is C20H17N3O.